The van der Waals surface area contributed by atoms with Gasteiger partial charge >= 0.3 is 5.97 Å². The van der Waals surface area contributed by atoms with E-state index in [9.17, 15) is 4.79 Å². The number of ether oxygens (including phenoxy) is 1. The number of aryl methyl sites for hydroxylation is 1. The SMILES string of the molecule is CCOC(=O)C[C@@H](N)c1c(C)cccc1Cl.Cl. The highest BCUT2D eigenvalue weighted by atomic mass is 35.5. The molecule has 2 N–H and O–H groups in total. The third-order valence-electron chi connectivity index (χ3n) is 2.33. The van der Waals surface area contributed by atoms with E-state index in [1.807, 2.05) is 19.1 Å². The first-order valence-electron chi connectivity index (χ1n) is 5.22. The van der Waals surface area contributed by atoms with E-state index in [0.29, 0.717) is 11.6 Å². The van der Waals surface area contributed by atoms with E-state index in [1.165, 1.54) is 0 Å². The summed E-state index contributed by atoms with van der Waals surface area (Å²) >= 11 is 6.05. The molecule has 1 atom stereocenters. The van der Waals surface area contributed by atoms with Gasteiger partial charge < -0.3 is 10.5 Å². The topological polar surface area (TPSA) is 52.3 Å². The van der Waals surface area contributed by atoms with Crippen molar-refractivity contribution in [3.63, 3.8) is 0 Å². The van der Waals surface area contributed by atoms with Gasteiger partial charge in [0.15, 0.2) is 0 Å². The lowest BCUT2D eigenvalue weighted by molar-refractivity contribution is -0.143. The molecule has 0 radical (unpaired) electrons. The Bertz CT molecular complexity index is 363. The molecule has 1 aromatic carbocycles. The molecule has 96 valence electrons. The molecule has 0 aliphatic heterocycles. The second-order valence-corrected chi connectivity index (χ2v) is 3.99. The zero-order valence-corrected chi connectivity index (χ0v) is 11.5. The lowest BCUT2D eigenvalue weighted by atomic mass is 9.99. The summed E-state index contributed by atoms with van der Waals surface area (Å²) < 4.78 is 4.85. The Labute approximate surface area is 113 Å². The molecule has 3 nitrogen and oxygen atoms in total. The molecule has 0 heterocycles. The van der Waals surface area contributed by atoms with Crippen LogP contribution in [0, 0.1) is 6.92 Å². The van der Waals surface area contributed by atoms with Crippen molar-refractivity contribution in [3.05, 3.63) is 34.3 Å². The van der Waals surface area contributed by atoms with E-state index in [2.05, 4.69) is 0 Å². The van der Waals surface area contributed by atoms with Crippen LogP contribution in [0.1, 0.15) is 30.5 Å². The molecule has 17 heavy (non-hydrogen) atoms. The maximum Gasteiger partial charge on any atom is 0.307 e. The smallest absolute Gasteiger partial charge is 0.307 e. The fraction of sp³-hybridized carbons (Fsp3) is 0.417. The molecule has 0 bridgehead atoms. The molecule has 0 fully saturated rings. The lowest BCUT2D eigenvalue weighted by Gasteiger charge is -2.15. The number of carbonyl (C=O) groups excluding carboxylic acids is 1. The van der Waals surface area contributed by atoms with E-state index in [1.54, 1.807) is 13.0 Å². The van der Waals surface area contributed by atoms with E-state index < -0.39 is 6.04 Å². The van der Waals surface area contributed by atoms with Crippen molar-refractivity contribution >= 4 is 30.0 Å². The number of halogens is 2. The van der Waals surface area contributed by atoms with E-state index in [-0.39, 0.29) is 24.8 Å². The van der Waals surface area contributed by atoms with Crippen molar-refractivity contribution in [2.45, 2.75) is 26.3 Å². The zero-order chi connectivity index (χ0) is 12.1. The van der Waals surface area contributed by atoms with Gasteiger partial charge in [-0.3, -0.25) is 4.79 Å². The number of rotatable bonds is 4. The van der Waals surface area contributed by atoms with Gasteiger partial charge in [0.05, 0.1) is 13.0 Å². The number of nitrogens with two attached hydrogens (primary N) is 1. The maximum atomic E-state index is 11.3. The van der Waals surface area contributed by atoms with Gasteiger partial charge in [0.25, 0.3) is 0 Å². The Morgan fingerprint density at radius 3 is 2.71 bits per heavy atom. The first kappa shape index (κ1) is 16.2. The number of hydrogen-bond acceptors (Lipinski definition) is 3. The summed E-state index contributed by atoms with van der Waals surface area (Å²) in [7, 11) is 0. The average Bonchev–Trinajstić information content (AvgIpc) is 2.17. The number of benzene rings is 1. The largest absolute Gasteiger partial charge is 0.466 e. The average molecular weight is 278 g/mol. The molecule has 0 aliphatic carbocycles. The Kier molecular flexibility index (Phi) is 7.19. The second-order valence-electron chi connectivity index (χ2n) is 3.59. The number of esters is 1. The van der Waals surface area contributed by atoms with Crippen LogP contribution < -0.4 is 5.73 Å². The van der Waals surface area contributed by atoms with Crippen molar-refractivity contribution in [2.24, 2.45) is 5.73 Å². The summed E-state index contributed by atoms with van der Waals surface area (Å²) in [6, 6.07) is 5.15. The summed E-state index contributed by atoms with van der Waals surface area (Å²) in [5.74, 6) is -0.297. The van der Waals surface area contributed by atoms with Gasteiger partial charge in [-0.15, -0.1) is 12.4 Å². The molecule has 0 aliphatic rings. The molecule has 1 aromatic rings. The van der Waals surface area contributed by atoms with Gasteiger partial charge in [-0.1, -0.05) is 23.7 Å². The van der Waals surface area contributed by atoms with Crippen molar-refractivity contribution in [3.8, 4) is 0 Å². The number of carbonyl (C=O) groups is 1. The van der Waals surface area contributed by atoms with Crippen molar-refractivity contribution in [1.82, 2.24) is 0 Å². The standard InChI is InChI=1S/C12H16ClNO2.ClH/c1-3-16-11(15)7-10(14)12-8(2)5-4-6-9(12)13;/h4-6,10H,3,7,14H2,1-2H3;1H/t10-;/m1./s1. The highest BCUT2D eigenvalue weighted by Gasteiger charge is 2.16. The minimum Gasteiger partial charge on any atom is -0.466 e. The van der Waals surface area contributed by atoms with Crippen LogP contribution in [-0.4, -0.2) is 12.6 Å². The molecular weight excluding hydrogens is 261 g/mol. The number of hydrogen-bond donors (Lipinski definition) is 1. The Balaban J connectivity index is 0.00000256. The van der Waals surface area contributed by atoms with Crippen LogP contribution in [0.2, 0.25) is 5.02 Å². The van der Waals surface area contributed by atoms with Gasteiger partial charge in [0, 0.05) is 11.1 Å². The van der Waals surface area contributed by atoms with E-state index >= 15 is 0 Å². The van der Waals surface area contributed by atoms with Crippen LogP contribution in [0.25, 0.3) is 0 Å². The third kappa shape index (κ3) is 4.54. The summed E-state index contributed by atoms with van der Waals surface area (Å²) in [6.07, 6.45) is 0.151. The molecule has 0 unspecified atom stereocenters. The summed E-state index contributed by atoms with van der Waals surface area (Å²) in [6.45, 7) is 4.06. The molecule has 1 rings (SSSR count). The van der Waals surface area contributed by atoms with E-state index in [0.717, 1.165) is 11.1 Å². The fourth-order valence-corrected chi connectivity index (χ4v) is 1.98. The van der Waals surface area contributed by atoms with Crippen molar-refractivity contribution in [2.75, 3.05) is 6.61 Å². The van der Waals surface area contributed by atoms with Gasteiger partial charge in [0.2, 0.25) is 0 Å². The van der Waals surface area contributed by atoms with Crippen LogP contribution in [-0.2, 0) is 9.53 Å². The Hall–Kier alpha value is -0.770. The van der Waals surface area contributed by atoms with Crippen LogP contribution in [0.15, 0.2) is 18.2 Å². The van der Waals surface area contributed by atoms with Crippen LogP contribution in [0.3, 0.4) is 0 Å². The van der Waals surface area contributed by atoms with Crippen LogP contribution in [0.4, 0.5) is 0 Å². The minimum atomic E-state index is -0.409. The Morgan fingerprint density at radius 1 is 1.53 bits per heavy atom. The van der Waals surface area contributed by atoms with Crippen LogP contribution >= 0.6 is 24.0 Å². The molecule has 0 amide bonds. The summed E-state index contributed by atoms with van der Waals surface area (Å²) in [5, 5.41) is 0.594. The van der Waals surface area contributed by atoms with Crippen molar-refractivity contribution in [1.29, 1.82) is 0 Å². The first-order chi connectivity index (χ1) is 7.56. The van der Waals surface area contributed by atoms with Gasteiger partial charge in [-0.25, -0.2) is 0 Å². The summed E-state index contributed by atoms with van der Waals surface area (Å²) in [4.78, 5) is 11.3. The second kappa shape index (κ2) is 7.54. The van der Waals surface area contributed by atoms with Gasteiger partial charge in [-0.2, -0.15) is 0 Å². The lowest BCUT2D eigenvalue weighted by Crippen LogP contribution is -2.18. The van der Waals surface area contributed by atoms with Gasteiger partial charge in [0.1, 0.15) is 0 Å². The first-order valence-corrected chi connectivity index (χ1v) is 5.60. The molecule has 0 saturated heterocycles. The third-order valence-corrected chi connectivity index (χ3v) is 2.66. The molecular formula is C12H17Cl2NO2. The van der Waals surface area contributed by atoms with Gasteiger partial charge in [-0.05, 0) is 31.0 Å². The van der Waals surface area contributed by atoms with E-state index in [4.69, 9.17) is 22.1 Å². The molecule has 0 spiro atoms. The maximum absolute atomic E-state index is 11.3. The highest BCUT2D eigenvalue weighted by molar-refractivity contribution is 6.31. The molecule has 0 saturated carbocycles. The summed E-state index contributed by atoms with van der Waals surface area (Å²) in [5.41, 5.74) is 7.75. The Morgan fingerprint density at radius 2 is 2.18 bits per heavy atom. The fourth-order valence-electron chi connectivity index (χ4n) is 1.62. The normalized spacial score (nSPS) is 11.5. The zero-order valence-electron chi connectivity index (χ0n) is 9.90. The predicted molar refractivity (Wildman–Crippen MR) is 71.6 cm³/mol. The minimum absolute atomic E-state index is 0. The predicted octanol–water partition coefficient (Wildman–Crippen LogP) is 3.02. The molecule has 5 heteroatoms. The molecule has 0 aromatic heterocycles. The monoisotopic (exact) mass is 277 g/mol. The van der Waals surface area contributed by atoms with Crippen molar-refractivity contribution < 1.29 is 9.53 Å². The van der Waals surface area contributed by atoms with Crippen LogP contribution in [0.5, 0.6) is 0 Å². The quantitative estimate of drug-likeness (QED) is 0.861. The highest BCUT2D eigenvalue weighted by Crippen LogP contribution is 2.26.